The van der Waals surface area contributed by atoms with E-state index in [2.05, 4.69) is 17.4 Å². The number of nitrogens with one attached hydrogen (secondary N) is 1. The Morgan fingerprint density at radius 3 is 2.27 bits per heavy atom. The van der Waals surface area contributed by atoms with Crippen LogP contribution in [0.2, 0.25) is 0 Å². The van der Waals surface area contributed by atoms with Crippen LogP contribution in [-0.2, 0) is 4.79 Å². The maximum absolute atomic E-state index is 12.2. The Hall–Kier alpha value is -1.78. The predicted octanol–water partition coefficient (Wildman–Crippen LogP) is 3.13. The summed E-state index contributed by atoms with van der Waals surface area (Å²) in [6, 6.07) is 19.2. The Bertz CT molecular complexity index is 626. The van der Waals surface area contributed by atoms with Crippen LogP contribution in [0.5, 0.6) is 0 Å². The Kier molecular flexibility index (Phi) is 4.50. The second kappa shape index (κ2) is 6.55. The molecule has 0 saturated heterocycles. The first-order valence-electron chi connectivity index (χ1n) is 7.51. The molecule has 1 aliphatic rings. The summed E-state index contributed by atoms with van der Waals surface area (Å²) in [5.74, 6) is -0.105. The van der Waals surface area contributed by atoms with E-state index in [4.69, 9.17) is 5.73 Å². The molecule has 3 N–H and O–H groups in total. The zero-order valence-corrected chi connectivity index (χ0v) is 13.2. The smallest absolute Gasteiger partial charge is 0.241 e. The van der Waals surface area contributed by atoms with Crippen LogP contribution in [0.1, 0.15) is 24.4 Å². The molecule has 0 bridgehead atoms. The predicted molar refractivity (Wildman–Crippen MR) is 90.6 cm³/mol. The molecule has 0 aromatic heterocycles. The standard InChI is InChI=1S/C18H20N2OS/c19-16(14-7-3-1-4-8-14)17(21)20-13-18(11-12-18)22-15-9-5-2-6-10-15/h1-10,16H,11-13,19H2,(H,20,21). The van der Waals surface area contributed by atoms with Gasteiger partial charge in [-0.25, -0.2) is 0 Å². The maximum Gasteiger partial charge on any atom is 0.241 e. The van der Waals surface area contributed by atoms with Crippen LogP contribution in [-0.4, -0.2) is 17.2 Å². The number of rotatable bonds is 6. The fourth-order valence-electron chi connectivity index (χ4n) is 2.36. The number of nitrogens with two attached hydrogens (primary N) is 1. The maximum atomic E-state index is 12.2. The zero-order chi connectivity index (χ0) is 15.4. The molecule has 2 aromatic carbocycles. The zero-order valence-electron chi connectivity index (χ0n) is 12.4. The minimum atomic E-state index is -0.598. The minimum Gasteiger partial charge on any atom is -0.353 e. The highest BCUT2D eigenvalue weighted by Gasteiger charge is 2.44. The number of carbonyl (C=O) groups is 1. The van der Waals surface area contributed by atoms with Gasteiger partial charge < -0.3 is 11.1 Å². The van der Waals surface area contributed by atoms with Crippen molar-refractivity contribution in [2.75, 3.05) is 6.54 Å². The normalized spacial score (nSPS) is 16.8. The van der Waals surface area contributed by atoms with E-state index < -0.39 is 6.04 Å². The molecule has 1 saturated carbocycles. The van der Waals surface area contributed by atoms with Gasteiger partial charge in [-0.1, -0.05) is 48.5 Å². The summed E-state index contributed by atoms with van der Waals surface area (Å²) < 4.78 is 0.146. The van der Waals surface area contributed by atoms with Crippen LogP contribution in [0.4, 0.5) is 0 Å². The van der Waals surface area contributed by atoms with Crippen molar-refractivity contribution in [1.29, 1.82) is 0 Å². The molecule has 2 aromatic rings. The Balaban J connectivity index is 1.55. The fourth-order valence-corrected chi connectivity index (χ4v) is 3.61. The summed E-state index contributed by atoms with van der Waals surface area (Å²) in [7, 11) is 0. The van der Waals surface area contributed by atoms with Gasteiger partial charge >= 0.3 is 0 Å². The molecule has 1 fully saturated rings. The second-order valence-corrected chi connectivity index (χ2v) is 7.25. The molecule has 22 heavy (non-hydrogen) atoms. The Labute approximate surface area is 135 Å². The number of benzene rings is 2. The quantitative estimate of drug-likeness (QED) is 0.861. The highest BCUT2D eigenvalue weighted by molar-refractivity contribution is 8.01. The van der Waals surface area contributed by atoms with Crippen LogP contribution in [0.3, 0.4) is 0 Å². The molecule has 0 spiro atoms. The number of thioether (sulfide) groups is 1. The highest BCUT2D eigenvalue weighted by atomic mass is 32.2. The minimum absolute atomic E-state index is 0.105. The molecule has 0 aliphatic heterocycles. The monoisotopic (exact) mass is 312 g/mol. The summed E-state index contributed by atoms with van der Waals surface area (Å²) in [5, 5.41) is 3.02. The van der Waals surface area contributed by atoms with Crippen molar-refractivity contribution in [3.8, 4) is 0 Å². The average molecular weight is 312 g/mol. The van der Waals surface area contributed by atoms with Gasteiger partial charge in [-0.3, -0.25) is 4.79 Å². The van der Waals surface area contributed by atoms with Gasteiger partial charge in [0.25, 0.3) is 0 Å². The Morgan fingerprint density at radius 2 is 1.68 bits per heavy atom. The first-order chi connectivity index (χ1) is 10.7. The first-order valence-corrected chi connectivity index (χ1v) is 8.33. The van der Waals surface area contributed by atoms with E-state index in [1.165, 1.54) is 4.90 Å². The van der Waals surface area contributed by atoms with E-state index in [0.717, 1.165) is 18.4 Å². The van der Waals surface area contributed by atoms with Gasteiger partial charge in [0.15, 0.2) is 0 Å². The molecule has 1 unspecified atom stereocenters. The lowest BCUT2D eigenvalue weighted by molar-refractivity contribution is -0.122. The van der Waals surface area contributed by atoms with Crippen molar-refractivity contribution in [3.63, 3.8) is 0 Å². The molecule has 4 heteroatoms. The van der Waals surface area contributed by atoms with Gasteiger partial charge in [-0.2, -0.15) is 0 Å². The average Bonchev–Trinajstić information content (AvgIpc) is 3.33. The van der Waals surface area contributed by atoms with E-state index in [1.807, 2.05) is 60.3 Å². The summed E-state index contributed by atoms with van der Waals surface area (Å²) in [6.07, 6.45) is 2.26. The van der Waals surface area contributed by atoms with E-state index in [1.54, 1.807) is 0 Å². The summed E-state index contributed by atoms with van der Waals surface area (Å²) in [4.78, 5) is 13.5. The highest BCUT2D eigenvalue weighted by Crippen LogP contribution is 2.51. The van der Waals surface area contributed by atoms with Crippen molar-refractivity contribution < 1.29 is 4.79 Å². The third-order valence-corrected chi connectivity index (χ3v) is 5.40. The number of hydrogen-bond donors (Lipinski definition) is 2. The second-order valence-electron chi connectivity index (χ2n) is 5.70. The third kappa shape index (κ3) is 3.70. The molecule has 0 radical (unpaired) electrons. The molecular formula is C18H20N2OS. The van der Waals surface area contributed by atoms with Gasteiger partial charge in [-0.05, 0) is 30.5 Å². The molecule has 1 aliphatic carbocycles. The van der Waals surface area contributed by atoms with Crippen LogP contribution in [0.15, 0.2) is 65.6 Å². The number of amides is 1. The number of hydrogen-bond acceptors (Lipinski definition) is 3. The molecular weight excluding hydrogens is 292 g/mol. The van der Waals surface area contributed by atoms with Crippen molar-refractivity contribution in [1.82, 2.24) is 5.32 Å². The Morgan fingerprint density at radius 1 is 1.09 bits per heavy atom. The lowest BCUT2D eigenvalue weighted by Gasteiger charge is -2.18. The van der Waals surface area contributed by atoms with Crippen LogP contribution in [0.25, 0.3) is 0 Å². The number of carbonyl (C=O) groups excluding carboxylic acids is 1. The van der Waals surface area contributed by atoms with Crippen LogP contribution < -0.4 is 11.1 Å². The van der Waals surface area contributed by atoms with Gasteiger partial charge in [0, 0.05) is 16.2 Å². The van der Waals surface area contributed by atoms with Gasteiger partial charge in [0.1, 0.15) is 6.04 Å². The lowest BCUT2D eigenvalue weighted by Crippen LogP contribution is -2.38. The topological polar surface area (TPSA) is 55.1 Å². The molecule has 1 amide bonds. The summed E-state index contributed by atoms with van der Waals surface area (Å²) in [5.41, 5.74) is 6.87. The van der Waals surface area contributed by atoms with Gasteiger partial charge in [-0.15, -0.1) is 11.8 Å². The van der Waals surface area contributed by atoms with E-state index >= 15 is 0 Å². The van der Waals surface area contributed by atoms with Crippen LogP contribution >= 0.6 is 11.8 Å². The van der Waals surface area contributed by atoms with E-state index in [-0.39, 0.29) is 10.7 Å². The summed E-state index contributed by atoms with van der Waals surface area (Å²) >= 11 is 1.85. The summed E-state index contributed by atoms with van der Waals surface area (Å²) in [6.45, 7) is 0.673. The fraction of sp³-hybridized carbons (Fsp3) is 0.278. The molecule has 3 nitrogen and oxygen atoms in total. The molecule has 3 rings (SSSR count). The van der Waals surface area contributed by atoms with E-state index in [0.29, 0.717) is 6.54 Å². The molecule has 1 atom stereocenters. The van der Waals surface area contributed by atoms with E-state index in [9.17, 15) is 4.79 Å². The van der Waals surface area contributed by atoms with Crippen molar-refractivity contribution in [2.45, 2.75) is 28.5 Å². The molecule has 0 heterocycles. The van der Waals surface area contributed by atoms with Crippen molar-refractivity contribution in [2.24, 2.45) is 5.73 Å². The first kappa shape index (κ1) is 15.1. The molecule has 114 valence electrons. The van der Waals surface area contributed by atoms with Crippen LogP contribution in [0, 0.1) is 0 Å². The third-order valence-electron chi connectivity index (χ3n) is 3.91. The van der Waals surface area contributed by atoms with Crippen molar-refractivity contribution in [3.05, 3.63) is 66.2 Å². The largest absolute Gasteiger partial charge is 0.353 e. The van der Waals surface area contributed by atoms with Gasteiger partial charge in [0.2, 0.25) is 5.91 Å². The van der Waals surface area contributed by atoms with Crippen molar-refractivity contribution >= 4 is 17.7 Å². The SMILES string of the molecule is NC(C(=O)NCC1(Sc2ccccc2)CC1)c1ccccc1. The van der Waals surface area contributed by atoms with Gasteiger partial charge in [0.05, 0.1) is 0 Å². The lowest BCUT2D eigenvalue weighted by atomic mass is 10.1.